The van der Waals surface area contributed by atoms with Gasteiger partial charge in [0.1, 0.15) is 5.60 Å². The van der Waals surface area contributed by atoms with Crippen LogP contribution in [0.3, 0.4) is 0 Å². The number of carbonyl (C=O) groups excluding carboxylic acids is 1. The van der Waals surface area contributed by atoms with Gasteiger partial charge in [-0.15, -0.1) is 0 Å². The summed E-state index contributed by atoms with van der Waals surface area (Å²) in [5, 5.41) is 15.8. The van der Waals surface area contributed by atoms with Crippen LogP contribution in [0.15, 0.2) is 0 Å². The molecule has 3 N–H and O–H groups in total. The lowest BCUT2D eigenvalue weighted by Crippen LogP contribution is -2.39. The summed E-state index contributed by atoms with van der Waals surface area (Å²) in [5.41, 5.74) is -0.455. The van der Waals surface area contributed by atoms with E-state index in [-0.39, 0.29) is 12.2 Å². The molecule has 1 aliphatic carbocycles. The molecule has 5 heteroatoms. The van der Waals surface area contributed by atoms with E-state index in [4.69, 9.17) is 4.74 Å². The highest BCUT2D eigenvalue weighted by Crippen LogP contribution is 2.23. The van der Waals surface area contributed by atoms with E-state index in [2.05, 4.69) is 10.6 Å². The van der Waals surface area contributed by atoms with Crippen molar-refractivity contribution < 1.29 is 14.6 Å². The van der Waals surface area contributed by atoms with E-state index in [0.717, 1.165) is 25.8 Å². The Balaban J connectivity index is 2.03. The predicted octanol–water partition coefficient (Wildman–Crippen LogP) is 1.65. The third-order valence-electron chi connectivity index (χ3n) is 3.25. The van der Waals surface area contributed by atoms with E-state index < -0.39 is 5.60 Å². The Bertz CT molecular complexity index is 276. The van der Waals surface area contributed by atoms with Crippen LogP contribution in [0.25, 0.3) is 0 Å². The van der Waals surface area contributed by atoms with Crippen molar-refractivity contribution >= 4 is 6.09 Å². The maximum atomic E-state index is 11.4. The third-order valence-corrected chi connectivity index (χ3v) is 3.25. The van der Waals surface area contributed by atoms with E-state index in [0.29, 0.717) is 19.0 Å². The Hall–Kier alpha value is -0.810. The molecular formula is C14H28N2O3. The number of aliphatic hydroxyl groups excluding tert-OH is 1. The quantitative estimate of drug-likeness (QED) is 0.666. The summed E-state index contributed by atoms with van der Waals surface area (Å²) in [6.07, 6.45) is 3.81. The van der Waals surface area contributed by atoms with Crippen LogP contribution in [0, 0.1) is 5.92 Å². The van der Waals surface area contributed by atoms with Gasteiger partial charge in [-0.05, 0) is 39.5 Å². The molecule has 19 heavy (non-hydrogen) atoms. The minimum Gasteiger partial charge on any atom is -0.444 e. The zero-order chi connectivity index (χ0) is 14.3. The van der Waals surface area contributed by atoms with Crippen LogP contribution in [0.5, 0.6) is 0 Å². The van der Waals surface area contributed by atoms with E-state index in [9.17, 15) is 9.90 Å². The lowest BCUT2D eigenvalue weighted by Gasteiger charge is -2.27. The maximum Gasteiger partial charge on any atom is 0.407 e. The van der Waals surface area contributed by atoms with Gasteiger partial charge in [0.25, 0.3) is 0 Å². The first-order valence-corrected chi connectivity index (χ1v) is 7.24. The number of nitrogens with one attached hydrogen (secondary N) is 2. The van der Waals surface area contributed by atoms with Gasteiger partial charge < -0.3 is 20.5 Å². The fourth-order valence-electron chi connectivity index (χ4n) is 2.28. The summed E-state index contributed by atoms with van der Waals surface area (Å²) >= 11 is 0. The number of hydrogen-bond acceptors (Lipinski definition) is 4. The van der Waals surface area contributed by atoms with Crippen molar-refractivity contribution in [3.05, 3.63) is 0 Å². The van der Waals surface area contributed by atoms with Gasteiger partial charge in [-0.25, -0.2) is 4.79 Å². The first-order chi connectivity index (χ1) is 8.88. The monoisotopic (exact) mass is 272 g/mol. The molecule has 0 aromatic carbocycles. The Labute approximate surface area is 116 Å². The zero-order valence-electron chi connectivity index (χ0n) is 12.4. The van der Waals surface area contributed by atoms with E-state index in [1.54, 1.807) is 0 Å². The number of alkyl carbamates (subject to hydrolysis) is 1. The van der Waals surface area contributed by atoms with Crippen molar-refractivity contribution in [2.24, 2.45) is 5.92 Å². The molecule has 1 fully saturated rings. The van der Waals surface area contributed by atoms with Gasteiger partial charge in [-0.2, -0.15) is 0 Å². The molecule has 0 bridgehead atoms. The number of amides is 1. The van der Waals surface area contributed by atoms with Crippen LogP contribution in [0.4, 0.5) is 4.79 Å². The Morgan fingerprint density at radius 1 is 1.26 bits per heavy atom. The average Bonchev–Trinajstić information content (AvgIpc) is 2.28. The van der Waals surface area contributed by atoms with Crippen molar-refractivity contribution in [3.63, 3.8) is 0 Å². The highest BCUT2D eigenvalue weighted by molar-refractivity contribution is 5.67. The number of rotatable bonds is 5. The predicted molar refractivity (Wildman–Crippen MR) is 75.1 cm³/mol. The molecule has 1 aliphatic rings. The van der Waals surface area contributed by atoms with Crippen molar-refractivity contribution in [1.29, 1.82) is 0 Å². The Morgan fingerprint density at radius 3 is 2.58 bits per heavy atom. The second-order valence-corrected chi connectivity index (χ2v) is 6.24. The normalized spacial score (nSPS) is 24.0. The van der Waals surface area contributed by atoms with E-state index >= 15 is 0 Å². The Kier molecular flexibility index (Phi) is 6.58. The molecule has 0 radical (unpaired) electrons. The number of aliphatic hydroxyl groups is 1. The van der Waals surface area contributed by atoms with Gasteiger partial charge >= 0.3 is 6.09 Å². The molecule has 0 aromatic rings. The van der Waals surface area contributed by atoms with Crippen molar-refractivity contribution in [1.82, 2.24) is 10.6 Å². The summed E-state index contributed by atoms with van der Waals surface area (Å²) in [6, 6.07) is 0. The molecule has 0 aliphatic heterocycles. The summed E-state index contributed by atoms with van der Waals surface area (Å²) in [5.74, 6) is 0.357. The van der Waals surface area contributed by atoms with Crippen molar-refractivity contribution in [2.45, 2.75) is 58.2 Å². The number of hydrogen-bond donors (Lipinski definition) is 3. The fraction of sp³-hybridized carbons (Fsp3) is 0.929. The van der Waals surface area contributed by atoms with E-state index in [1.807, 2.05) is 20.8 Å². The molecule has 1 rings (SSSR count). The van der Waals surface area contributed by atoms with Crippen LogP contribution < -0.4 is 10.6 Å². The second kappa shape index (κ2) is 7.70. The molecule has 2 unspecified atom stereocenters. The first-order valence-electron chi connectivity index (χ1n) is 7.24. The van der Waals surface area contributed by atoms with Gasteiger partial charge in [0.15, 0.2) is 0 Å². The van der Waals surface area contributed by atoms with Crippen LogP contribution in [-0.2, 0) is 4.74 Å². The highest BCUT2D eigenvalue weighted by Gasteiger charge is 2.22. The summed E-state index contributed by atoms with van der Waals surface area (Å²) in [4.78, 5) is 11.4. The minimum absolute atomic E-state index is 0.167. The van der Waals surface area contributed by atoms with Crippen LogP contribution in [-0.4, -0.2) is 42.5 Å². The van der Waals surface area contributed by atoms with Crippen LogP contribution >= 0.6 is 0 Å². The molecule has 112 valence electrons. The van der Waals surface area contributed by atoms with Crippen molar-refractivity contribution in [2.75, 3.05) is 19.6 Å². The molecule has 1 saturated carbocycles. The summed E-state index contributed by atoms with van der Waals surface area (Å²) < 4.78 is 5.13. The molecular weight excluding hydrogens is 244 g/mol. The smallest absolute Gasteiger partial charge is 0.407 e. The third kappa shape index (κ3) is 7.38. The van der Waals surface area contributed by atoms with Gasteiger partial charge in [-0.1, -0.05) is 12.8 Å². The maximum absolute atomic E-state index is 11.4. The summed E-state index contributed by atoms with van der Waals surface area (Å²) in [7, 11) is 0. The second-order valence-electron chi connectivity index (χ2n) is 6.24. The molecule has 5 nitrogen and oxygen atoms in total. The van der Waals surface area contributed by atoms with Gasteiger partial charge in [0.2, 0.25) is 0 Å². The number of ether oxygens (including phenoxy) is 1. The SMILES string of the molecule is CC(C)(C)OC(=O)NCCNCC1CCCCC1O. The zero-order valence-corrected chi connectivity index (χ0v) is 12.4. The molecule has 1 amide bonds. The van der Waals surface area contributed by atoms with Crippen LogP contribution in [0.2, 0.25) is 0 Å². The van der Waals surface area contributed by atoms with Gasteiger partial charge in [0.05, 0.1) is 6.10 Å². The molecule has 0 saturated heterocycles. The topological polar surface area (TPSA) is 70.6 Å². The lowest BCUT2D eigenvalue weighted by atomic mass is 9.86. The van der Waals surface area contributed by atoms with Crippen molar-refractivity contribution in [3.8, 4) is 0 Å². The largest absolute Gasteiger partial charge is 0.444 e. The lowest BCUT2D eigenvalue weighted by molar-refractivity contribution is 0.0524. The molecule has 0 spiro atoms. The van der Waals surface area contributed by atoms with Gasteiger partial charge in [0, 0.05) is 19.6 Å². The van der Waals surface area contributed by atoms with Crippen LogP contribution in [0.1, 0.15) is 46.5 Å². The fourth-order valence-corrected chi connectivity index (χ4v) is 2.28. The molecule has 2 atom stereocenters. The summed E-state index contributed by atoms with van der Waals surface area (Å²) in [6.45, 7) is 7.58. The van der Waals surface area contributed by atoms with E-state index in [1.165, 1.54) is 6.42 Å². The molecule has 0 heterocycles. The number of carbonyl (C=O) groups is 1. The highest BCUT2D eigenvalue weighted by atomic mass is 16.6. The minimum atomic E-state index is -0.455. The Morgan fingerprint density at radius 2 is 1.95 bits per heavy atom. The van der Waals surface area contributed by atoms with Gasteiger partial charge in [-0.3, -0.25) is 0 Å². The molecule has 0 aromatic heterocycles. The first kappa shape index (κ1) is 16.2. The average molecular weight is 272 g/mol. The standard InChI is InChI=1S/C14H28N2O3/c1-14(2,3)19-13(18)16-9-8-15-10-11-6-4-5-7-12(11)17/h11-12,15,17H,4-10H2,1-3H3,(H,16,18).